The SMILES string of the molecule is CCOP(=O)(OCC)c1cnc2cc(OC)c(OC)cc2c1Nc1ccc(OC)cc1. The third-order valence-corrected chi connectivity index (χ3v) is 6.73. The summed E-state index contributed by atoms with van der Waals surface area (Å²) in [6.07, 6.45) is 1.52. The minimum Gasteiger partial charge on any atom is -0.497 e. The minimum atomic E-state index is -3.63. The molecule has 0 saturated carbocycles. The molecule has 3 aromatic rings. The topological polar surface area (TPSA) is 88.1 Å². The first-order valence-corrected chi connectivity index (χ1v) is 11.4. The van der Waals surface area contributed by atoms with Crippen molar-refractivity contribution in [3.63, 3.8) is 0 Å². The highest BCUT2D eigenvalue weighted by Gasteiger charge is 2.32. The van der Waals surface area contributed by atoms with Gasteiger partial charge in [0, 0.05) is 23.3 Å². The summed E-state index contributed by atoms with van der Waals surface area (Å²) in [5.41, 5.74) is 1.96. The summed E-state index contributed by atoms with van der Waals surface area (Å²) >= 11 is 0. The number of hydrogen-bond donors (Lipinski definition) is 1. The number of anilines is 2. The van der Waals surface area contributed by atoms with E-state index in [0.29, 0.717) is 33.4 Å². The standard InChI is InChI=1S/C22H27N2O6P/c1-6-29-31(25,30-7-2)21-14-23-18-13-20(28-5)19(27-4)12-17(18)22(21)24-15-8-10-16(26-3)11-9-15/h8-14H,6-7H2,1-5H3,(H,23,24). The van der Waals surface area contributed by atoms with Gasteiger partial charge in [-0.15, -0.1) is 0 Å². The maximum atomic E-state index is 13.6. The molecule has 0 fully saturated rings. The van der Waals surface area contributed by atoms with Crippen LogP contribution in [0.3, 0.4) is 0 Å². The molecule has 8 nitrogen and oxygen atoms in total. The van der Waals surface area contributed by atoms with E-state index in [9.17, 15) is 4.57 Å². The molecule has 0 amide bonds. The van der Waals surface area contributed by atoms with Gasteiger partial charge in [-0.25, -0.2) is 0 Å². The molecule has 2 aromatic carbocycles. The number of fused-ring (bicyclic) bond motifs is 1. The van der Waals surface area contributed by atoms with Crippen LogP contribution in [0.1, 0.15) is 13.8 Å². The molecule has 166 valence electrons. The van der Waals surface area contributed by atoms with Gasteiger partial charge < -0.3 is 28.6 Å². The molecule has 1 aromatic heterocycles. The quantitative estimate of drug-likeness (QED) is 0.440. The Morgan fingerprint density at radius 3 is 2.06 bits per heavy atom. The van der Waals surface area contributed by atoms with Crippen LogP contribution in [0.25, 0.3) is 10.9 Å². The fourth-order valence-corrected chi connectivity index (χ4v) is 4.86. The van der Waals surface area contributed by atoms with Gasteiger partial charge in [0.25, 0.3) is 0 Å². The first-order chi connectivity index (χ1) is 15.0. The summed E-state index contributed by atoms with van der Waals surface area (Å²) in [5, 5.41) is 4.38. The molecule has 0 atom stereocenters. The van der Waals surface area contributed by atoms with Crippen LogP contribution in [0.4, 0.5) is 11.4 Å². The van der Waals surface area contributed by atoms with Crippen LogP contribution >= 0.6 is 7.60 Å². The smallest absolute Gasteiger partial charge is 0.365 e. The average molecular weight is 446 g/mol. The van der Waals surface area contributed by atoms with Crippen molar-refractivity contribution in [3.8, 4) is 17.2 Å². The van der Waals surface area contributed by atoms with Crippen molar-refractivity contribution in [2.24, 2.45) is 0 Å². The average Bonchev–Trinajstić information content (AvgIpc) is 2.79. The van der Waals surface area contributed by atoms with E-state index >= 15 is 0 Å². The predicted molar refractivity (Wildman–Crippen MR) is 122 cm³/mol. The summed E-state index contributed by atoms with van der Waals surface area (Å²) in [4.78, 5) is 4.50. The van der Waals surface area contributed by atoms with Crippen LogP contribution in [0.2, 0.25) is 0 Å². The maximum Gasteiger partial charge on any atom is 0.365 e. The summed E-state index contributed by atoms with van der Waals surface area (Å²) < 4.78 is 40.9. The molecular formula is C22H27N2O6P. The molecule has 31 heavy (non-hydrogen) atoms. The van der Waals surface area contributed by atoms with E-state index in [0.717, 1.165) is 11.4 Å². The van der Waals surface area contributed by atoms with Gasteiger partial charge in [-0.1, -0.05) is 0 Å². The largest absolute Gasteiger partial charge is 0.497 e. The van der Waals surface area contributed by atoms with Crippen LogP contribution < -0.4 is 24.8 Å². The first kappa shape index (κ1) is 22.9. The Labute approximate surface area is 182 Å². The van der Waals surface area contributed by atoms with Crippen LogP contribution in [0, 0.1) is 0 Å². The number of rotatable bonds is 10. The second-order valence-corrected chi connectivity index (χ2v) is 8.42. The number of nitrogens with zero attached hydrogens (tertiary/aromatic N) is 1. The highest BCUT2D eigenvalue weighted by Crippen LogP contribution is 2.50. The Bertz CT molecular complexity index is 1080. The normalized spacial score (nSPS) is 11.4. The second-order valence-electron chi connectivity index (χ2n) is 6.43. The van der Waals surface area contributed by atoms with Crippen molar-refractivity contribution < 1.29 is 27.8 Å². The first-order valence-electron chi connectivity index (χ1n) is 9.85. The van der Waals surface area contributed by atoms with Crippen LogP contribution in [-0.4, -0.2) is 39.5 Å². The van der Waals surface area contributed by atoms with Gasteiger partial charge in [-0.2, -0.15) is 0 Å². The van der Waals surface area contributed by atoms with E-state index in [2.05, 4.69) is 10.3 Å². The van der Waals surface area contributed by atoms with E-state index in [1.807, 2.05) is 24.3 Å². The maximum absolute atomic E-state index is 13.6. The Balaban J connectivity index is 2.26. The van der Waals surface area contributed by atoms with Gasteiger partial charge in [0.05, 0.1) is 45.7 Å². The number of aromatic nitrogens is 1. The summed E-state index contributed by atoms with van der Waals surface area (Å²) in [7, 11) is 1.10. The lowest BCUT2D eigenvalue weighted by Gasteiger charge is -2.22. The molecule has 0 aliphatic carbocycles. The molecule has 0 saturated heterocycles. The Hall–Kier alpha value is -2.80. The zero-order valence-corrected chi connectivity index (χ0v) is 19.2. The van der Waals surface area contributed by atoms with Crippen molar-refractivity contribution in [2.75, 3.05) is 39.9 Å². The van der Waals surface area contributed by atoms with Crippen molar-refractivity contribution in [1.29, 1.82) is 0 Å². The number of methoxy groups -OCH3 is 3. The van der Waals surface area contributed by atoms with Crippen molar-refractivity contribution in [1.82, 2.24) is 4.98 Å². The molecule has 0 aliphatic heterocycles. The molecule has 0 unspecified atom stereocenters. The number of benzene rings is 2. The monoisotopic (exact) mass is 446 g/mol. The lowest BCUT2D eigenvalue weighted by molar-refractivity contribution is 0.230. The van der Waals surface area contributed by atoms with Crippen molar-refractivity contribution in [2.45, 2.75) is 13.8 Å². The van der Waals surface area contributed by atoms with Gasteiger partial charge in [-0.3, -0.25) is 9.55 Å². The van der Waals surface area contributed by atoms with Crippen molar-refractivity contribution in [3.05, 3.63) is 42.6 Å². The Morgan fingerprint density at radius 2 is 1.52 bits per heavy atom. The molecule has 0 spiro atoms. The number of hydrogen-bond acceptors (Lipinski definition) is 8. The summed E-state index contributed by atoms with van der Waals surface area (Å²) in [6, 6.07) is 10.9. The lowest BCUT2D eigenvalue weighted by atomic mass is 10.1. The fourth-order valence-electron chi connectivity index (χ4n) is 3.18. The molecule has 0 radical (unpaired) electrons. The second kappa shape index (κ2) is 10.0. The molecular weight excluding hydrogens is 419 g/mol. The molecule has 3 rings (SSSR count). The number of ether oxygens (including phenoxy) is 3. The van der Waals surface area contributed by atoms with Gasteiger partial charge in [0.1, 0.15) is 11.1 Å². The van der Waals surface area contributed by atoms with E-state index in [-0.39, 0.29) is 13.2 Å². The van der Waals surface area contributed by atoms with E-state index in [1.54, 1.807) is 47.3 Å². The van der Waals surface area contributed by atoms with Gasteiger partial charge in [0.15, 0.2) is 11.5 Å². The summed E-state index contributed by atoms with van der Waals surface area (Å²) in [5.74, 6) is 1.80. The molecule has 0 bridgehead atoms. The summed E-state index contributed by atoms with van der Waals surface area (Å²) in [6.45, 7) is 3.99. The van der Waals surface area contributed by atoms with E-state index in [1.165, 1.54) is 6.20 Å². The zero-order valence-electron chi connectivity index (χ0n) is 18.3. The predicted octanol–water partition coefficient (Wildman–Crippen LogP) is 4.90. The Morgan fingerprint density at radius 1 is 0.903 bits per heavy atom. The molecule has 1 N–H and O–H groups in total. The van der Waals surface area contributed by atoms with Gasteiger partial charge in [0.2, 0.25) is 0 Å². The van der Waals surface area contributed by atoms with Crippen molar-refractivity contribution >= 4 is 35.2 Å². The minimum absolute atomic E-state index is 0.225. The molecule has 1 heterocycles. The van der Waals surface area contributed by atoms with Gasteiger partial charge in [-0.05, 0) is 44.2 Å². The fraction of sp³-hybridized carbons (Fsp3) is 0.318. The Kier molecular flexibility index (Phi) is 7.38. The van der Waals surface area contributed by atoms with Gasteiger partial charge >= 0.3 is 7.60 Å². The van der Waals surface area contributed by atoms with E-state index in [4.69, 9.17) is 23.3 Å². The number of nitrogens with one attached hydrogen (secondary N) is 1. The van der Waals surface area contributed by atoms with Crippen LogP contribution in [0.5, 0.6) is 17.2 Å². The van der Waals surface area contributed by atoms with E-state index < -0.39 is 7.60 Å². The third kappa shape index (κ3) is 4.77. The lowest BCUT2D eigenvalue weighted by Crippen LogP contribution is -2.16. The third-order valence-electron chi connectivity index (χ3n) is 4.61. The highest BCUT2D eigenvalue weighted by molar-refractivity contribution is 7.62. The van der Waals surface area contributed by atoms with Crippen LogP contribution in [0.15, 0.2) is 42.6 Å². The van der Waals surface area contributed by atoms with Crippen LogP contribution in [-0.2, 0) is 13.6 Å². The number of pyridine rings is 1. The molecule has 0 aliphatic rings. The molecule has 9 heteroatoms. The highest BCUT2D eigenvalue weighted by atomic mass is 31.2. The zero-order chi connectivity index (χ0) is 22.4.